The Labute approximate surface area is 173 Å². The van der Waals surface area contributed by atoms with Crippen LogP contribution in [0.3, 0.4) is 0 Å². The molecule has 0 saturated carbocycles. The van der Waals surface area contributed by atoms with Crippen LogP contribution in [-0.2, 0) is 6.18 Å². The summed E-state index contributed by atoms with van der Waals surface area (Å²) in [4.78, 5) is 7.89. The quantitative estimate of drug-likeness (QED) is 0.499. The maximum atomic E-state index is 13.5. The van der Waals surface area contributed by atoms with Crippen molar-refractivity contribution < 1.29 is 17.9 Å². The predicted molar refractivity (Wildman–Crippen MR) is 112 cm³/mol. The highest BCUT2D eigenvalue weighted by atomic mass is 19.4. The van der Waals surface area contributed by atoms with Crippen LogP contribution in [0.4, 0.5) is 36.3 Å². The van der Waals surface area contributed by atoms with E-state index in [0.29, 0.717) is 17.1 Å². The predicted octanol–water partition coefficient (Wildman–Crippen LogP) is 6.47. The van der Waals surface area contributed by atoms with E-state index < -0.39 is 17.3 Å². The summed E-state index contributed by atoms with van der Waals surface area (Å²) in [5, 5.41) is 5.67. The van der Waals surface area contributed by atoms with Crippen LogP contribution in [0.15, 0.2) is 54.7 Å². The van der Waals surface area contributed by atoms with Gasteiger partial charge in [0.2, 0.25) is 5.95 Å². The van der Waals surface area contributed by atoms with Gasteiger partial charge in [-0.15, -0.1) is 0 Å². The minimum Gasteiger partial charge on any atom is -0.488 e. The first kappa shape index (κ1) is 21.4. The van der Waals surface area contributed by atoms with Crippen molar-refractivity contribution in [3.63, 3.8) is 0 Å². The number of halogens is 3. The highest BCUT2D eigenvalue weighted by molar-refractivity contribution is 5.64. The summed E-state index contributed by atoms with van der Waals surface area (Å²) in [5.74, 6) is 0.240. The second-order valence-corrected chi connectivity index (χ2v) is 7.81. The van der Waals surface area contributed by atoms with Crippen LogP contribution in [0.5, 0.6) is 5.75 Å². The third-order valence-electron chi connectivity index (χ3n) is 3.92. The van der Waals surface area contributed by atoms with Gasteiger partial charge in [0.25, 0.3) is 0 Å². The molecule has 0 aliphatic rings. The van der Waals surface area contributed by atoms with E-state index in [9.17, 15) is 13.2 Å². The van der Waals surface area contributed by atoms with Crippen LogP contribution < -0.4 is 15.4 Å². The van der Waals surface area contributed by atoms with Crippen LogP contribution in [0.2, 0.25) is 0 Å². The molecule has 2 aromatic carbocycles. The highest BCUT2D eigenvalue weighted by Gasteiger charge is 2.35. The van der Waals surface area contributed by atoms with E-state index in [1.807, 2.05) is 39.8 Å². The molecule has 0 amide bonds. The normalized spacial score (nSPS) is 11.8. The number of anilines is 4. The summed E-state index contributed by atoms with van der Waals surface area (Å²) >= 11 is 0. The molecular formula is C22H23F3N4O. The Morgan fingerprint density at radius 3 is 2.23 bits per heavy atom. The maximum Gasteiger partial charge on any atom is 0.421 e. The van der Waals surface area contributed by atoms with E-state index in [0.717, 1.165) is 11.8 Å². The van der Waals surface area contributed by atoms with Crippen LogP contribution in [0.1, 0.15) is 31.9 Å². The molecule has 158 valence electrons. The fourth-order valence-corrected chi connectivity index (χ4v) is 2.64. The molecule has 0 bridgehead atoms. The lowest BCUT2D eigenvalue weighted by molar-refractivity contribution is -0.137. The molecule has 30 heavy (non-hydrogen) atoms. The van der Waals surface area contributed by atoms with Crippen molar-refractivity contribution in [1.82, 2.24) is 9.97 Å². The van der Waals surface area contributed by atoms with Gasteiger partial charge in [-0.2, -0.15) is 18.2 Å². The first-order chi connectivity index (χ1) is 14.0. The van der Waals surface area contributed by atoms with E-state index >= 15 is 0 Å². The molecule has 0 radical (unpaired) electrons. The molecule has 3 aromatic rings. The minimum atomic E-state index is -4.61. The van der Waals surface area contributed by atoms with Crippen LogP contribution >= 0.6 is 0 Å². The van der Waals surface area contributed by atoms with Crippen molar-refractivity contribution in [2.75, 3.05) is 10.6 Å². The zero-order valence-corrected chi connectivity index (χ0v) is 17.1. The van der Waals surface area contributed by atoms with Crippen LogP contribution in [0, 0.1) is 6.92 Å². The van der Waals surface area contributed by atoms with Crippen molar-refractivity contribution in [1.29, 1.82) is 0 Å². The second kappa shape index (κ2) is 8.22. The zero-order chi connectivity index (χ0) is 21.9. The van der Waals surface area contributed by atoms with Gasteiger partial charge in [0.05, 0.1) is 0 Å². The van der Waals surface area contributed by atoms with Gasteiger partial charge in [-0.3, -0.25) is 0 Å². The van der Waals surface area contributed by atoms with Crippen molar-refractivity contribution in [2.45, 2.75) is 39.5 Å². The molecule has 0 unspecified atom stereocenters. The number of aromatic nitrogens is 2. The molecule has 0 aliphatic heterocycles. The lowest BCUT2D eigenvalue weighted by Crippen LogP contribution is -2.22. The number of rotatable bonds is 5. The first-order valence-corrected chi connectivity index (χ1v) is 9.34. The van der Waals surface area contributed by atoms with Crippen molar-refractivity contribution in [3.05, 3.63) is 65.9 Å². The number of nitrogens with one attached hydrogen (secondary N) is 2. The molecule has 5 nitrogen and oxygen atoms in total. The van der Waals surface area contributed by atoms with Gasteiger partial charge >= 0.3 is 6.18 Å². The van der Waals surface area contributed by atoms with Gasteiger partial charge in [-0.25, -0.2) is 4.98 Å². The maximum absolute atomic E-state index is 13.5. The minimum absolute atomic E-state index is 0.0523. The third kappa shape index (κ3) is 5.85. The Morgan fingerprint density at radius 2 is 1.60 bits per heavy atom. The number of hydrogen-bond donors (Lipinski definition) is 2. The SMILES string of the molecule is Cc1ccc(Nc2ncc(C(F)(F)F)c(Nc3cccc(OC(C)(C)C)c3)n2)cc1. The van der Waals surface area contributed by atoms with Gasteiger partial charge < -0.3 is 15.4 Å². The van der Waals surface area contributed by atoms with Gasteiger partial charge in [0, 0.05) is 23.6 Å². The Kier molecular flexibility index (Phi) is 5.87. The zero-order valence-electron chi connectivity index (χ0n) is 17.1. The van der Waals surface area contributed by atoms with Crippen LogP contribution in [-0.4, -0.2) is 15.6 Å². The van der Waals surface area contributed by atoms with Gasteiger partial charge in [-0.1, -0.05) is 23.8 Å². The average Bonchev–Trinajstić information content (AvgIpc) is 2.62. The third-order valence-corrected chi connectivity index (χ3v) is 3.92. The molecular weight excluding hydrogens is 393 g/mol. The number of nitrogens with zero attached hydrogens (tertiary/aromatic N) is 2. The monoisotopic (exact) mass is 416 g/mol. The lowest BCUT2D eigenvalue weighted by Gasteiger charge is -2.22. The number of alkyl halides is 3. The van der Waals surface area contributed by atoms with Gasteiger partial charge in [0.1, 0.15) is 22.7 Å². The molecule has 8 heteroatoms. The summed E-state index contributed by atoms with van der Waals surface area (Å²) in [6, 6.07) is 14.1. The van der Waals surface area contributed by atoms with Gasteiger partial charge in [-0.05, 0) is 52.0 Å². The standard InChI is InChI=1S/C22H23F3N4O/c1-14-8-10-15(11-9-14)28-20-26-13-18(22(23,24)25)19(29-20)27-16-6-5-7-17(12-16)30-21(2,3)4/h5-13H,1-4H3,(H2,26,27,28,29). The Hall–Kier alpha value is -3.29. The smallest absolute Gasteiger partial charge is 0.421 e. The first-order valence-electron chi connectivity index (χ1n) is 9.34. The van der Waals surface area contributed by atoms with Crippen molar-refractivity contribution in [2.24, 2.45) is 0 Å². The molecule has 3 rings (SSSR count). The molecule has 1 heterocycles. The second-order valence-electron chi connectivity index (χ2n) is 7.81. The van der Waals surface area contributed by atoms with E-state index in [4.69, 9.17) is 4.74 Å². The van der Waals surface area contributed by atoms with E-state index in [1.54, 1.807) is 36.4 Å². The molecule has 0 saturated heterocycles. The van der Waals surface area contributed by atoms with Crippen LogP contribution in [0.25, 0.3) is 0 Å². The summed E-state index contributed by atoms with van der Waals surface area (Å²) in [6.45, 7) is 7.62. The number of hydrogen-bond acceptors (Lipinski definition) is 5. The van der Waals surface area contributed by atoms with Crippen molar-refractivity contribution in [3.8, 4) is 5.75 Å². The average molecular weight is 416 g/mol. The van der Waals surface area contributed by atoms with E-state index in [-0.39, 0.29) is 11.8 Å². The Bertz CT molecular complexity index is 1010. The number of aryl methyl sites for hydroxylation is 1. The summed E-state index contributed by atoms with van der Waals surface area (Å²) in [6.07, 6.45) is -3.84. The molecule has 0 spiro atoms. The molecule has 0 fully saturated rings. The van der Waals surface area contributed by atoms with Crippen molar-refractivity contribution >= 4 is 23.1 Å². The Balaban J connectivity index is 1.91. The van der Waals surface area contributed by atoms with E-state index in [1.165, 1.54) is 0 Å². The van der Waals surface area contributed by atoms with E-state index in [2.05, 4.69) is 20.6 Å². The summed E-state index contributed by atoms with van der Waals surface area (Å²) in [7, 11) is 0. The molecule has 2 N–H and O–H groups in total. The number of ether oxygens (including phenoxy) is 1. The lowest BCUT2D eigenvalue weighted by atomic mass is 10.2. The topological polar surface area (TPSA) is 59.1 Å². The largest absolute Gasteiger partial charge is 0.488 e. The number of benzene rings is 2. The summed E-state index contributed by atoms with van der Waals surface area (Å²) in [5.41, 5.74) is 0.761. The molecule has 1 aromatic heterocycles. The molecule has 0 atom stereocenters. The Morgan fingerprint density at radius 1 is 0.900 bits per heavy atom. The highest BCUT2D eigenvalue weighted by Crippen LogP contribution is 2.36. The fourth-order valence-electron chi connectivity index (χ4n) is 2.64. The van der Waals surface area contributed by atoms with Gasteiger partial charge in [0.15, 0.2) is 0 Å². The summed E-state index contributed by atoms with van der Waals surface area (Å²) < 4.78 is 46.3. The fraction of sp³-hybridized carbons (Fsp3) is 0.273. The molecule has 0 aliphatic carbocycles.